The topological polar surface area (TPSA) is 20.3 Å². The van der Waals surface area contributed by atoms with Crippen LogP contribution >= 0.6 is 0 Å². The van der Waals surface area contributed by atoms with Crippen LogP contribution in [0.4, 0.5) is 0 Å². The highest BCUT2D eigenvalue weighted by atomic mass is 16.2. The molecule has 0 rings (SSSR count). The van der Waals surface area contributed by atoms with Crippen LogP contribution in [0.25, 0.3) is 0 Å². The lowest BCUT2D eigenvalue weighted by atomic mass is 9.92. The Labute approximate surface area is 66.0 Å². The van der Waals surface area contributed by atoms with Crippen LogP contribution in [0.5, 0.6) is 0 Å². The average molecular weight is 145 g/mol. The number of carbonyl (C=O) groups excluding carboxylic acids is 1. The molecule has 0 aromatic heterocycles. The summed E-state index contributed by atoms with van der Waals surface area (Å²) in [5.74, 6) is -0.477. The van der Waals surface area contributed by atoms with E-state index in [4.69, 9.17) is 2.74 Å². The summed E-state index contributed by atoms with van der Waals surface area (Å²) in [6.07, 6.45) is -1.80. The zero-order valence-corrected chi connectivity index (χ0v) is 7.36. The maximum absolute atomic E-state index is 11.4. The maximum Gasteiger partial charge on any atom is 0.222 e. The van der Waals surface area contributed by atoms with Gasteiger partial charge in [0, 0.05) is 23.2 Å². The van der Waals surface area contributed by atoms with Gasteiger partial charge >= 0.3 is 0 Å². The maximum atomic E-state index is 11.4. The fraction of sp³-hybridized carbons (Fsp3) is 0.875. The van der Waals surface area contributed by atoms with Crippen LogP contribution < -0.4 is 0 Å². The molecule has 0 aliphatic rings. The Kier molecular flexibility index (Phi) is 1.88. The van der Waals surface area contributed by atoms with Crippen LogP contribution in [0.3, 0.4) is 0 Å². The third-order valence-electron chi connectivity index (χ3n) is 0.888. The van der Waals surface area contributed by atoms with Gasteiger partial charge in [0.25, 0.3) is 0 Å². The van der Waals surface area contributed by atoms with Crippen LogP contribution in [-0.4, -0.2) is 24.9 Å². The van der Waals surface area contributed by atoms with E-state index in [9.17, 15) is 4.79 Å². The zero-order chi connectivity index (χ0) is 10.2. The van der Waals surface area contributed by atoms with E-state index in [1.165, 1.54) is 4.90 Å². The predicted octanol–water partition coefficient (Wildman–Crippen LogP) is 1.51. The summed E-state index contributed by atoms with van der Waals surface area (Å²) in [6.45, 7) is 5.15. The first-order valence-electron chi connectivity index (χ1n) is 4.32. The van der Waals surface area contributed by atoms with Gasteiger partial charge in [0.1, 0.15) is 0 Å². The van der Waals surface area contributed by atoms with Gasteiger partial charge < -0.3 is 4.90 Å². The molecular weight excluding hydrogens is 126 g/mol. The summed E-state index contributed by atoms with van der Waals surface area (Å²) in [5, 5.41) is 0. The molecule has 60 valence electrons. The lowest BCUT2D eigenvalue weighted by Gasteiger charge is -2.19. The molecule has 0 unspecified atom stereocenters. The monoisotopic (exact) mass is 145 g/mol. The molecular formula is C8H17NO. The number of carbonyl (C=O) groups is 1. The summed E-state index contributed by atoms with van der Waals surface area (Å²) in [5.41, 5.74) is -0.658. The van der Waals surface area contributed by atoms with Crippen molar-refractivity contribution >= 4 is 5.91 Å². The normalized spacial score (nSPS) is 15.7. The van der Waals surface area contributed by atoms with Crippen molar-refractivity contribution in [3.05, 3.63) is 0 Å². The van der Waals surface area contributed by atoms with Crippen molar-refractivity contribution < 1.29 is 7.54 Å². The van der Waals surface area contributed by atoms with Crippen LogP contribution in [-0.2, 0) is 4.79 Å². The Morgan fingerprint density at radius 2 is 1.90 bits per heavy atom. The minimum atomic E-state index is -1.80. The second-order valence-corrected chi connectivity index (χ2v) is 3.57. The van der Waals surface area contributed by atoms with Crippen molar-refractivity contribution in [1.29, 1.82) is 0 Å². The van der Waals surface area contributed by atoms with Crippen LogP contribution in [0, 0.1) is 5.41 Å². The minimum absolute atomic E-state index is 0.477. The van der Waals surface area contributed by atoms with Gasteiger partial charge in [-0.2, -0.15) is 0 Å². The smallest absolute Gasteiger partial charge is 0.222 e. The van der Waals surface area contributed by atoms with Crippen LogP contribution in [0.1, 0.15) is 29.9 Å². The Morgan fingerprint density at radius 3 is 2.00 bits per heavy atom. The van der Waals surface area contributed by atoms with Crippen molar-refractivity contribution in [3.8, 4) is 0 Å². The fourth-order valence-electron chi connectivity index (χ4n) is 0.433. The molecule has 0 aromatic rings. The second kappa shape index (κ2) is 3.04. The highest BCUT2D eigenvalue weighted by molar-refractivity contribution is 5.76. The molecule has 0 saturated heterocycles. The number of hydrogen-bond acceptors (Lipinski definition) is 1. The molecule has 0 aliphatic heterocycles. The molecule has 0 saturated carbocycles. The van der Waals surface area contributed by atoms with Gasteiger partial charge in [0.2, 0.25) is 5.91 Å². The van der Waals surface area contributed by atoms with E-state index in [1.54, 1.807) is 34.9 Å². The number of hydrogen-bond donors (Lipinski definition) is 0. The summed E-state index contributed by atoms with van der Waals surface area (Å²) in [7, 11) is 3.12. The lowest BCUT2D eigenvalue weighted by Crippen LogP contribution is -2.26. The second-order valence-electron chi connectivity index (χ2n) is 3.57. The summed E-state index contributed by atoms with van der Waals surface area (Å²) < 4.78 is 15.2. The summed E-state index contributed by atoms with van der Waals surface area (Å²) in [6, 6.07) is 0. The van der Waals surface area contributed by atoms with Crippen molar-refractivity contribution in [3.63, 3.8) is 0 Å². The van der Waals surface area contributed by atoms with Crippen molar-refractivity contribution in [1.82, 2.24) is 4.90 Å². The van der Waals surface area contributed by atoms with Gasteiger partial charge in [-0.3, -0.25) is 4.79 Å². The fourth-order valence-corrected chi connectivity index (χ4v) is 0.433. The van der Waals surface area contributed by atoms with E-state index in [-0.39, 0.29) is 0 Å². The zero-order valence-electron chi connectivity index (χ0n) is 9.36. The predicted molar refractivity (Wildman–Crippen MR) is 42.8 cm³/mol. The molecule has 0 spiro atoms. The van der Waals surface area contributed by atoms with Crippen molar-refractivity contribution in [2.24, 2.45) is 5.41 Å². The van der Waals surface area contributed by atoms with E-state index in [0.717, 1.165) is 0 Å². The van der Waals surface area contributed by atoms with E-state index in [2.05, 4.69) is 0 Å². The third kappa shape index (κ3) is 4.36. The lowest BCUT2D eigenvalue weighted by molar-refractivity contribution is -0.130. The standard InChI is InChI=1S/C8H17NO/c1-8(2,3)6-7(10)9(4)5/h6H2,1-5H3/i6D2. The van der Waals surface area contributed by atoms with Crippen LogP contribution in [0.15, 0.2) is 0 Å². The van der Waals surface area contributed by atoms with Gasteiger partial charge in [-0.05, 0) is 5.41 Å². The Balaban J connectivity index is 4.74. The molecule has 0 atom stereocenters. The quantitative estimate of drug-likeness (QED) is 0.547. The molecule has 2 heteroatoms. The first-order valence-corrected chi connectivity index (χ1v) is 3.32. The summed E-state index contributed by atoms with van der Waals surface area (Å²) >= 11 is 0. The number of nitrogens with zero attached hydrogens (tertiary/aromatic N) is 1. The molecule has 0 heterocycles. The van der Waals surface area contributed by atoms with Gasteiger partial charge in [0.15, 0.2) is 0 Å². The van der Waals surface area contributed by atoms with E-state index in [1.807, 2.05) is 0 Å². The molecule has 0 aromatic carbocycles. The molecule has 0 fully saturated rings. The molecule has 10 heavy (non-hydrogen) atoms. The van der Waals surface area contributed by atoms with Crippen molar-refractivity contribution in [2.45, 2.75) is 27.1 Å². The first kappa shape index (κ1) is 6.20. The van der Waals surface area contributed by atoms with E-state index in [0.29, 0.717) is 0 Å². The van der Waals surface area contributed by atoms with Crippen molar-refractivity contribution in [2.75, 3.05) is 14.1 Å². The molecule has 2 nitrogen and oxygen atoms in total. The highest BCUT2D eigenvalue weighted by Gasteiger charge is 2.16. The van der Waals surface area contributed by atoms with Gasteiger partial charge in [-0.15, -0.1) is 0 Å². The molecule has 0 radical (unpaired) electrons. The molecule has 0 aliphatic carbocycles. The number of amides is 1. The van der Waals surface area contributed by atoms with E-state index >= 15 is 0 Å². The van der Waals surface area contributed by atoms with Gasteiger partial charge in [-0.25, -0.2) is 0 Å². The molecule has 1 amide bonds. The number of rotatable bonds is 1. The molecule has 0 N–H and O–H groups in total. The van der Waals surface area contributed by atoms with Crippen LogP contribution in [0.2, 0.25) is 0 Å². The van der Waals surface area contributed by atoms with Gasteiger partial charge in [-0.1, -0.05) is 20.8 Å². The highest BCUT2D eigenvalue weighted by Crippen LogP contribution is 2.18. The third-order valence-corrected chi connectivity index (χ3v) is 0.888. The summed E-state index contributed by atoms with van der Waals surface area (Å²) in [4.78, 5) is 12.6. The largest absolute Gasteiger partial charge is 0.349 e. The Hall–Kier alpha value is -0.530. The Morgan fingerprint density at radius 1 is 1.50 bits per heavy atom. The molecule has 0 bridgehead atoms. The SMILES string of the molecule is [2H]C([2H])(C(=O)N(C)C)C(C)(C)C. The average Bonchev–Trinajstić information content (AvgIpc) is 1.83. The van der Waals surface area contributed by atoms with E-state index < -0.39 is 17.7 Å². The van der Waals surface area contributed by atoms with Gasteiger partial charge in [0.05, 0.1) is 0 Å². The Bertz CT molecular complexity index is 182. The minimum Gasteiger partial charge on any atom is -0.349 e. The first-order chi connectivity index (χ1) is 5.10.